The van der Waals surface area contributed by atoms with Crippen molar-refractivity contribution < 1.29 is 0 Å². The van der Waals surface area contributed by atoms with Gasteiger partial charge in [-0.3, -0.25) is 0 Å². The lowest BCUT2D eigenvalue weighted by molar-refractivity contribution is 0.655. The van der Waals surface area contributed by atoms with Crippen molar-refractivity contribution in [3.8, 4) is 0 Å². The molecule has 0 saturated carbocycles. The van der Waals surface area contributed by atoms with E-state index in [4.69, 9.17) is 11.6 Å². The van der Waals surface area contributed by atoms with E-state index in [1.54, 1.807) is 6.20 Å². The fourth-order valence-electron chi connectivity index (χ4n) is 2.38. The summed E-state index contributed by atoms with van der Waals surface area (Å²) in [5, 5.41) is -0.253. The lowest BCUT2D eigenvalue weighted by atomic mass is 10.1. The maximum absolute atomic E-state index is 6.63. The first kappa shape index (κ1) is 13.1. The van der Waals surface area contributed by atoms with Crippen LogP contribution >= 0.6 is 11.6 Å². The van der Waals surface area contributed by atoms with Crippen molar-refractivity contribution in [2.24, 2.45) is 0 Å². The van der Waals surface area contributed by atoms with Gasteiger partial charge < -0.3 is 4.57 Å². The zero-order chi connectivity index (χ0) is 13.9. The molecule has 2 heterocycles. The van der Waals surface area contributed by atoms with Gasteiger partial charge in [-0.2, -0.15) is 0 Å². The number of hydrogen-bond acceptors (Lipinski definition) is 2. The number of aryl methyl sites for hydroxylation is 1. The van der Waals surface area contributed by atoms with E-state index >= 15 is 0 Å². The second-order valence-electron chi connectivity index (χ2n) is 4.74. The van der Waals surface area contributed by atoms with Crippen LogP contribution in [0.25, 0.3) is 11.2 Å². The summed E-state index contributed by atoms with van der Waals surface area (Å²) in [6.45, 7) is 3.02. The SMILES string of the molecule is CCCn1c(C(Cl)c2ccccc2)nc2cccnc21. The molecule has 1 aromatic carbocycles. The summed E-state index contributed by atoms with van der Waals surface area (Å²) < 4.78 is 2.12. The van der Waals surface area contributed by atoms with Crippen molar-refractivity contribution in [1.82, 2.24) is 14.5 Å². The summed E-state index contributed by atoms with van der Waals surface area (Å²) in [6.07, 6.45) is 2.82. The molecule has 0 aliphatic carbocycles. The van der Waals surface area contributed by atoms with Crippen LogP contribution in [0, 0.1) is 0 Å². The van der Waals surface area contributed by atoms with Gasteiger partial charge >= 0.3 is 0 Å². The minimum atomic E-state index is -0.253. The zero-order valence-corrected chi connectivity index (χ0v) is 12.1. The van der Waals surface area contributed by atoms with E-state index in [1.165, 1.54) is 0 Å². The Balaban J connectivity index is 2.12. The molecule has 0 N–H and O–H groups in total. The molecule has 0 spiro atoms. The third kappa shape index (κ3) is 2.29. The number of fused-ring (bicyclic) bond motifs is 1. The van der Waals surface area contributed by atoms with E-state index < -0.39 is 0 Å². The summed E-state index contributed by atoms with van der Waals surface area (Å²) in [5.41, 5.74) is 2.87. The van der Waals surface area contributed by atoms with Crippen molar-refractivity contribution in [2.45, 2.75) is 25.3 Å². The molecule has 0 radical (unpaired) electrons. The predicted molar refractivity (Wildman–Crippen MR) is 82.0 cm³/mol. The van der Waals surface area contributed by atoms with Gasteiger partial charge in [0.1, 0.15) is 16.7 Å². The highest BCUT2D eigenvalue weighted by atomic mass is 35.5. The Bertz CT molecular complexity index is 706. The molecule has 1 atom stereocenters. The molecule has 3 rings (SSSR count). The van der Waals surface area contributed by atoms with E-state index in [-0.39, 0.29) is 5.38 Å². The quantitative estimate of drug-likeness (QED) is 0.674. The number of alkyl halides is 1. The summed E-state index contributed by atoms with van der Waals surface area (Å²) in [5.74, 6) is 0.869. The third-order valence-corrected chi connectivity index (χ3v) is 3.75. The summed E-state index contributed by atoms with van der Waals surface area (Å²) in [4.78, 5) is 9.11. The maximum atomic E-state index is 6.63. The van der Waals surface area contributed by atoms with Crippen LogP contribution in [0.3, 0.4) is 0 Å². The van der Waals surface area contributed by atoms with Crippen LogP contribution in [0.15, 0.2) is 48.7 Å². The monoisotopic (exact) mass is 285 g/mol. The molecule has 4 heteroatoms. The van der Waals surface area contributed by atoms with Gasteiger partial charge in [0.2, 0.25) is 0 Å². The van der Waals surface area contributed by atoms with Gasteiger partial charge in [0, 0.05) is 12.7 Å². The van der Waals surface area contributed by atoms with E-state index in [1.807, 2.05) is 42.5 Å². The number of rotatable bonds is 4. The molecule has 0 bridgehead atoms. The number of benzene rings is 1. The second-order valence-corrected chi connectivity index (χ2v) is 5.18. The van der Waals surface area contributed by atoms with Gasteiger partial charge in [-0.1, -0.05) is 37.3 Å². The predicted octanol–water partition coefficient (Wildman–Crippen LogP) is 4.17. The highest BCUT2D eigenvalue weighted by Gasteiger charge is 2.19. The van der Waals surface area contributed by atoms with Gasteiger partial charge in [-0.15, -0.1) is 11.6 Å². The van der Waals surface area contributed by atoms with Crippen molar-refractivity contribution in [1.29, 1.82) is 0 Å². The molecular weight excluding hydrogens is 270 g/mol. The molecule has 0 aliphatic rings. The Morgan fingerprint density at radius 2 is 1.95 bits per heavy atom. The van der Waals surface area contributed by atoms with Crippen molar-refractivity contribution in [3.63, 3.8) is 0 Å². The molecule has 3 aromatic rings. The fourth-order valence-corrected chi connectivity index (χ4v) is 2.70. The van der Waals surface area contributed by atoms with Crippen LogP contribution in [0.1, 0.15) is 30.1 Å². The summed E-state index contributed by atoms with van der Waals surface area (Å²) >= 11 is 6.63. The molecule has 1 unspecified atom stereocenters. The average Bonchev–Trinajstić information content (AvgIpc) is 2.87. The van der Waals surface area contributed by atoms with Gasteiger partial charge in [0.25, 0.3) is 0 Å². The van der Waals surface area contributed by atoms with E-state index in [9.17, 15) is 0 Å². The third-order valence-electron chi connectivity index (χ3n) is 3.30. The van der Waals surface area contributed by atoms with Crippen LogP contribution in [-0.4, -0.2) is 14.5 Å². The van der Waals surface area contributed by atoms with Crippen molar-refractivity contribution >= 4 is 22.8 Å². The second kappa shape index (κ2) is 5.63. The number of hydrogen-bond donors (Lipinski definition) is 0. The summed E-state index contributed by atoms with van der Waals surface area (Å²) in [7, 11) is 0. The molecule has 3 nitrogen and oxygen atoms in total. The first-order chi connectivity index (χ1) is 9.81. The van der Waals surface area contributed by atoms with E-state index in [0.29, 0.717) is 0 Å². The van der Waals surface area contributed by atoms with Crippen LogP contribution in [0.5, 0.6) is 0 Å². The lowest BCUT2D eigenvalue weighted by Crippen LogP contribution is -2.07. The van der Waals surface area contributed by atoms with E-state index in [0.717, 1.165) is 35.5 Å². The first-order valence-corrected chi connectivity index (χ1v) is 7.25. The Kier molecular flexibility index (Phi) is 3.70. The van der Waals surface area contributed by atoms with Gasteiger partial charge in [0.15, 0.2) is 5.65 Å². The lowest BCUT2D eigenvalue weighted by Gasteiger charge is -2.12. The van der Waals surface area contributed by atoms with Gasteiger partial charge in [0.05, 0.1) is 0 Å². The molecule has 102 valence electrons. The number of nitrogens with zero attached hydrogens (tertiary/aromatic N) is 3. The largest absolute Gasteiger partial charge is 0.311 e. The Labute approximate surface area is 123 Å². The molecule has 0 amide bonds. The number of aromatic nitrogens is 3. The molecule has 2 aromatic heterocycles. The average molecular weight is 286 g/mol. The van der Waals surface area contributed by atoms with Crippen LogP contribution in [-0.2, 0) is 6.54 Å². The number of pyridine rings is 1. The standard InChI is InChI=1S/C16H16ClN3/c1-2-11-20-15-13(9-6-10-18-15)19-16(20)14(17)12-7-4-3-5-8-12/h3-10,14H,2,11H2,1H3. The van der Waals surface area contributed by atoms with E-state index in [2.05, 4.69) is 21.5 Å². The summed E-state index contributed by atoms with van der Waals surface area (Å²) in [6, 6.07) is 13.9. The van der Waals surface area contributed by atoms with Crippen LogP contribution in [0.2, 0.25) is 0 Å². The Hall–Kier alpha value is -1.87. The molecular formula is C16H16ClN3. The van der Waals surface area contributed by atoms with Crippen molar-refractivity contribution in [3.05, 3.63) is 60.0 Å². The topological polar surface area (TPSA) is 30.7 Å². The normalized spacial score (nSPS) is 12.7. The first-order valence-electron chi connectivity index (χ1n) is 6.81. The maximum Gasteiger partial charge on any atom is 0.160 e. The minimum absolute atomic E-state index is 0.253. The van der Waals surface area contributed by atoms with Crippen LogP contribution in [0.4, 0.5) is 0 Å². The molecule has 0 fully saturated rings. The zero-order valence-electron chi connectivity index (χ0n) is 11.3. The Morgan fingerprint density at radius 3 is 2.70 bits per heavy atom. The fraction of sp³-hybridized carbons (Fsp3) is 0.250. The number of imidazole rings is 1. The molecule has 0 saturated heterocycles. The number of halogens is 1. The molecule has 0 aliphatic heterocycles. The molecule has 20 heavy (non-hydrogen) atoms. The van der Waals surface area contributed by atoms with Gasteiger partial charge in [-0.25, -0.2) is 9.97 Å². The smallest absolute Gasteiger partial charge is 0.160 e. The minimum Gasteiger partial charge on any atom is -0.311 e. The van der Waals surface area contributed by atoms with Crippen LogP contribution < -0.4 is 0 Å². The highest BCUT2D eigenvalue weighted by Crippen LogP contribution is 2.30. The highest BCUT2D eigenvalue weighted by molar-refractivity contribution is 6.22. The van der Waals surface area contributed by atoms with Gasteiger partial charge in [-0.05, 0) is 24.1 Å². The van der Waals surface area contributed by atoms with Crippen molar-refractivity contribution in [2.75, 3.05) is 0 Å². The Morgan fingerprint density at radius 1 is 1.15 bits per heavy atom.